The lowest BCUT2D eigenvalue weighted by molar-refractivity contribution is 0.100. The molecule has 4 rings (SSSR count). The minimum absolute atomic E-state index is 0.433. The predicted molar refractivity (Wildman–Crippen MR) is 97.9 cm³/mol. The number of aryl methyl sites for hydroxylation is 1. The van der Waals surface area contributed by atoms with Gasteiger partial charge in [-0.15, -0.1) is 0 Å². The van der Waals surface area contributed by atoms with Gasteiger partial charge in [-0.2, -0.15) is 0 Å². The molecule has 0 spiro atoms. The van der Waals surface area contributed by atoms with Gasteiger partial charge in [0, 0.05) is 23.8 Å². The van der Waals surface area contributed by atoms with E-state index in [-0.39, 0.29) is 0 Å². The minimum atomic E-state index is -0.433. The summed E-state index contributed by atoms with van der Waals surface area (Å²) >= 11 is 3.23. The summed E-state index contributed by atoms with van der Waals surface area (Å²) in [6.45, 7) is 2.16. The van der Waals surface area contributed by atoms with E-state index >= 15 is 0 Å². The molecule has 1 aliphatic heterocycles. The Morgan fingerprint density at radius 3 is 2.79 bits per heavy atom. The quantitative estimate of drug-likeness (QED) is 0.888. The van der Waals surface area contributed by atoms with E-state index in [1.54, 1.807) is 47.6 Å². The zero-order chi connectivity index (χ0) is 16.7. The Labute approximate surface area is 148 Å². The summed E-state index contributed by atoms with van der Waals surface area (Å²) in [6, 6.07) is 6.95. The van der Waals surface area contributed by atoms with Crippen molar-refractivity contribution in [1.82, 2.24) is 4.37 Å². The first-order valence-electron chi connectivity index (χ1n) is 7.73. The van der Waals surface area contributed by atoms with Crippen LogP contribution in [0.2, 0.25) is 0 Å². The number of fused-ring (bicyclic) bond motifs is 4. The van der Waals surface area contributed by atoms with Gasteiger partial charge in [-0.3, -0.25) is 4.79 Å². The van der Waals surface area contributed by atoms with Crippen LogP contribution < -0.4 is 10.5 Å². The van der Waals surface area contributed by atoms with Crippen molar-refractivity contribution in [2.24, 2.45) is 5.73 Å². The number of carbonyl (C=O) groups is 1. The van der Waals surface area contributed by atoms with Gasteiger partial charge in [-0.25, -0.2) is 4.37 Å². The van der Waals surface area contributed by atoms with Crippen LogP contribution in [0.5, 0.6) is 5.75 Å². The molecule has 0 saturated carbocycles. The van der Waals surface area contributed by atoms with Crippen LogP contribution in [-0.4, -0.2) is 10.3 Å². The van der Waals surface area contributed by atoms with Gasteiger partial charge in [0.1, 0.15) is 5.75 Å². The van der Waals surface area contributed by atoms with E-state index in [4.69, 9.17) is 10.5 Å². The lowest BCUT2D eigenvalue weighted by Gasteiger charge is -2.21. The molecule has 122 valence electrons. The molecule has 1 aliphatic carbocycles. The highest BCUT2D eigenvalue weighted by Crippen LogP contribution is 2.48. The molecule has 2 bridgehead atoms. The first-order chi connectivity index (χ1) is 11.6. The van der Waals surface area contributed by atoms with Crippen LogP contribution in [0.4, 0.5) is 0 Å². The summed E-state index contributed by atoms with van der Waals surface area (Å²) in [5.74, 6) is 0.277. The topological polar surface area (TPSA) is 65.2 Å². The van der Waals surface area contributed by atoms with Crippen molar-refractivity contribution in [2.75, 3.05) is 0 Å². The van der Waals surface area contributed by atoms with E-state index in [9.17, 15) is 4.79 Å². The maximum atomic E-state index is 11.2. The van der Waals surface area contributed by atoms with Gasteiger partial charge in [-0.1, -0.05) is 17.3 Å². The highest BCUT2D eigenvalue weighted by Gasteiger charge is 2.28. The second-order valence-electron chi connectivity index (χ2n) is 5.88. The zero-order valence-electron chi connectivity index (χ0n) is 13.2. The summed E-state index contributed by atoms with van der Waals surface area (Å²) in [7, 11) is 0. The van der Waals surface area contributed by atoms with E-state index in [1.807, 2.05) is 6.20 Å². The van der Waals surface area contributed by atoms with Crippen molar-refractivity contribution >= 4 is 34.8 Å². The smallest absolute Gasteiger partial charge is 0.248 e. The van der Waals surface area contributed by atoms with Crippen molar-refractivity contribution in [3.63, 3.8) is 0 Å². The number of ether oxygens (including phenoxy) is 1. The maximum absolute atomic E-state index is 11.2. The Morgan fingerprint density at radius 1 is 1.25 bits per heavy atom. The van der Waals surface area contributed by atoms with Crippen molar-refractivity contribution in [1.29, 1.82) is 0 Å². The average Bonchev–Trinajstić information content (AvgIpc) is 2.97. The largest absolute Gasteiger partial charge is 0.450 e. The third-order valence-electron chi connectivity index (χ3n) is 4.34. The molecule has 1 aromatic heterocycles. The van der Waals surface area contributed by atoms with Crippen LogP contribution in [0.15, 0.2) is 46.0 Å². The number of hydrogen-bond donors (Lipinski definition) is 1. The van der Waals surface area contributed by atoms with Crippen LogP contribution in [0.3, 0.4) is 0 Å². The van der Waals surface area contributed by atoms with Crippen LogP contribution in [-0.2, 0) is 6.42 Å². The number of aromatic nitrogens is 1. The third-order valence-corrected chi connectivity index (χ3v) is 6.36. The molecule has 6 heteroatoms. The predicted octanol–water partition coefficient (Wildman–Crippen LogP) is 4.35. The van der Waals surface area contributed by atoms with Crippen LogP contribution in [0.25, 0.3) is 5.57 Å². The minimum Gasteiger partial charge on any atom is -0.450 e. The lowest BCUT2D eigenvalue weighted by atomic mass is 10.0. The molecular weight excluding hydrogens is 340 g/mol. The maximum Gasteiger partial charge on any atom is 0.248 e. The number of nitrogens with zero attached hydrogens (tertiary/aromatic N) is 1. The Bertz CT molecular complexity index is 879. The fourth-order valence-corrected chi connectivity index (χ4v) is 4.90. The van der Waals surface area contributed by atoms with Crippen LogP contribution in [0.1, 0.15) is 40.6 Å². The normalized spacial score (nSPS) is 16.7. The average molecular weight is 356 g/mol. The third kappa shape index (κ3) is 2.76. The van der Waals surface area contributed by atoms with Crippen LogP contribution in [0, 0.1) is 0 Å². The fourth-order valence-electron chi connectivity index (χ4n) is 2.97. The highest BCUT2D eigenvalue weighted by atomic mass is 32.2. The Kier molecular flexibility index (Phi) is 3.94. The molecule has 0 radical (unpaired) electrons. The number of carbonyl (C=O) groups excluding carboxylic acids is 1. The number of allylic oxidation sites excluding steroid dienone is 3. The summed E-state index contributed by atoms with van der Waals surface area (Å²) in [5.41, 5.74) is 9.80. The van der Waals surface area contributed by atoms with E-state index in [2.05, 4.69) is 11.3 Å². The summed E-state index contributed by atoms with van der Waals surface area (Å²) in [6.07, 6.45) is 5.05. The molecule has 2 aromatic rings. The van der Waals surface area contributed by atoms with Gasteiger partial charge in [-0.05, 0) is 66.0 Å². The summed E-state index contributed by atoms with van der Waals surface area (Å²) < 4.78 is 10.5. The fraction of sp³-hybridized carbons (Fsp3) is 0.222. The number of primary amides is 1. The second kappa shape index (κ2) is 6.11. The number of benzene rings is 1. The van der Waals surface area contributed by atoms with E-state index in [0.29, 0.717) is 11.3 Å². The van der Waals surface area contributed by atoms with Gasteiger partial charge in [0.15, 0.2) is 5.09 Å². The van der Waals surface area contributed by atoms with E-state index in [1.165, 1.54) is 26.5 Å². The lowest BCUT2D eigenvalue weighted by Crippen LogP contribution is -2.10. The standard InChI is InChI=1S/C18H16N2O2S2/c1-10-12-2-3-13-9-20-24-16(13)15(8-12)18(23-10)22-14-6-4-11(5-7-14)17(19)21/h4-7,9H,2-3,8H2,1H3,(H2,19,21). The van der Waals surface area contributed by atoms with Gasteiger partial charge in [0.05, 0.1) is 4.88 Å². The second-order valence-corrected chi connectivity index (χ2v) is 7.86. The van der Waals surface area contributed by atoms with Gasteiger partial charge in [0.2, 0.25) is 5.91 Å². The molecule has 2 aliphatic rings. The van der Waals surface area contributed by atoms with Gasteiger partial charge >= 0.3 is 0 Å². The first-order valence-corrected chi connectivity index (χ1v) is 9.32. The van der Waals surface area contributed by atoms with Gasteiger partial charge < -0.3 is 10.5 Å². The molecule has 1 amide bonds. The van der Waals surface area contributed by atoms with Crippen molar-refractivity contribution in [3.05, 3.63) is 62.0 Å². The zero-order valence-corrected chi connectivity index (χ0v) is 14.8. The number of nitrogens with two attached hydrogens (primary N) is 1. The molecule has 2 heterocycles. The summed E-state index contributed by atoms with van der Waals surface area (Å²) in [5, 5.41) is 0.912. The number of amides is 1. The highest BCUT2D eigenvalue weighted by molar-refractivity contribution is 8.06. The van der Waals surface area contributed by atoms with E-state index in [0.717, 1.165) is 24.4 Å². The molecule has 0 unspecified atom stereocenters. The van der Waals surface area contributed by atoms with E-state index < -0.39 is 5.91 Å². The molecule has 1 aromatic carbocycles. The van der Waals surface area contributed by atoms with Crippen molar-refractivity contribution in [2.45, 2.75) is 26.2 Å². The van der Waals surface area contributed by atoms with Gasteiger partial charge in [0.25, 0.3) is 0 Å². The molecule has 0 atom stereocenters. The van der Waals surface area contributed by atoms with Crippen molar-refractivity contribution < 1.29 is 9.53 Å². The first kappa shape index (κ1) is 15.5. The monoisotopic (exact) mass is 356 g/mol. The molecule has 24 heavy (non-hydrogen) atoms. The SMILES string of the molecule is CC1=C2CCc3cnsc3C(=C(Oc3ccc(C(N)=O)cc3)S1)C2. The van der Waals surface area contributed by atoms with Crippen molar-refractivity contribution in [3.8, 4) is 5.75 Å². The summed E-state index contributed by atoms with van der Waals surface area (Å²) in [4.78, 5) is 13.8. The number of thioether (sulfide) groups is 1. The molecule has 4 nitrogen and oxygen atoms in total. The Morgan fingerprint density at radius 2 is 2.04 bits per heavy atom. The molecular formula is C18H16N2O2S2. The Balaban J connectivity index is 1.70. The van der Waals surface area contributed by atoms with Crippen LogP contribution >= 0.6 is 23.3 Å². The number of hydrogen-bond acceptors (Lipinski definition) is 5. The molecule has 0 saturated heterocycles. The molecule has 2 N–H and O–H groups in total. The number of rotatable bonds is 3. The Hall–Kier alpha value is -2.05. The molecule has 0 fully saturated rings.